The van der Waals surface area contributed by atoms with Crippen LogP contribution in [-0.4, -0.2) is 20.2 Å². The van der Waals surface area contributed by atoms with Crippen LogP contribution >= 0.6 is 11.6 Å². The molecule has 100 valence electrons. The van der Waals surface area contributed by atoms with Crippen LogP contribution in [0.15, 0.2) is 12.1 Å². The molecule has 1 aromatic carbocycles. The molecular formula is C15H22ClNO. The smallest absolute Gasteiger partial charge is 0.122 e. The molecule has 1 aliphatic rings. The van der Waals surface area contributed by atoms with E-state index in [0.29, 0.717) is 12.0 Å². The van der Waals surface area contributed by atoms with Gasteiger partial charge in [-0.1, -0.05) is 11.6 Å². The van der Waals surface area contributed by atoms with Crippen molar-refractivity contribution in [3.63, 3.8) is 0 Å². The maximum atomic E-state index is 6.25. The molecule has 2 rings (SSSR count). The van der Waals surface area contributed by atoms with Crippen molar-refractivity contribution >= 4 is 11.6 Å². The second-order valence-electron chi connectivity index (χ2n) is 5.18. The summed E-state index contributed by atoms with van der Waals surface area (Å²) in [5.41, 5.74) is 2.36. The van der Waals surface area contributed by atoms with Crippen LogP contribution in [0, 0.1) is 6.92 Å². The summed E-state index contributed by atoms with van der Waals surface area (Å²) in [6.45, 7) is 2.02. The number of hydrogen-bond acceptors (Lipinski definition) is 2. The van der Waals surface area contributed by atoms with Gasteiger partial charge in [-0.05, 0) is 68.8 Å². The fourth-order valence-corrected chi connectivity index (χ4v) is 3.03. The maximum Gasteiger partial charge on any atom is 0.122 e. The van der Waals surface area contributed by atoms with Gasteiger partial charge in [0.2, 0.25) is 0 Å². The summed E-state index contributed by atoms with van der Waals surface area (Å²) in [5, 5.41) is 4.22. The molecule has 1 saturated carbocycles. The SMILES string of the molecule is CNC1CCC(c2cc(Cl)c(C)cc2OC)CC1. The lowest BCUT2D eigenvalue weighted by atomic mass is 9.81. The van der Waals surface area contributed by atoms with Gasteiger partial charge in [0.1, 0.15) is 5.75 Å². The molecule has 3 heteroatoms. The fourth-order valence-electron chi connectivity index (χ4n) is 2.86. The van der Waals surface area contributed by atoms with Gasteiger partial charge in [-0.2, -0.15) is 0 Å². The summed E-state index contributed by atoms with van der Waals surface area (Å²) in [5.74, 6) is 1.58. The average Bonchev–Trinajstić information content (AvgIpc) is 2.41. The van der Waals surface area contributed by atoms with E-state index in [9.17, 15) is 0 Å². The first-order valence-electron chi connectivity index (χ1n) is 6.67. The molecular weight excluding hydrogens is 246 g/mol. The van der Waals surface area contributed by atoms with Crippen LogP contribution in [0.3, 0.4) is 0 Å². The summed E-state index contributed by atoms with van der Waals surface area (Å²) in [4.78, 5) is 0. The minimum Gasteiger partial charge on any atom is -0.496 e. The molecule has 0 radical (unpaired) electrons. The highest BCUT2D eigenvalue weighted by Crippen LogP contribution is 2.39. The molecule has 0 aliphatic heterocycles. The third-order valence-corrected chi connectivity index (χ3v) is 4.49. The number of halogens is 1. The number of nitrogens with one attached hydrogen (secondary N) is 1. The van der Waals surface area contributed by atoms with E-state index in [1.54, 1.807) is 7.11 Å². The second-order valence-corrected chi connectivity index (χ2v) is 5.59. The van der Waals surface area contributed by atoms with Crippen molar-refractivity contribution in [1.82, 2.24) is 5.32 Å². The molecule has 2 nitrogen and oxygen atoms in total. The molecule has 0 spiro atoms. The molecule has 1 aromatic rings. The van der Waals surface area contributed by atoms with Gasteiger partial charge in [0.05, 0.1) is 7.11 Å². The number of methoxy groups -OCH3 is 1. The van der Waals surface area contributed by atoms with Gasteiger partial charge >= 0.3 is 0 Å². The zero-order valence-electron chi connectivity index (χ0n) is 11.4. The molecule has 0 saturated heterocycles. The summed E-state index contributed by atoms with van der Waals surface area (Å²) in [7, 11) is 3.79. The van der Waals surface area contributed by atoms with Gasteiger partial charge in [0.15, 0.2) is 0 Å². The minimum absolute atomic E-state index is 0.586. The Kier molecular flexibility index (Phi) is 4.52. The van der Waals surface area contributed by atoms with E-state index in [-0.39, 0.29) is 0 Å². The first kappa shape index (κ1) is 13.7. The van der Waals surface area contributed by atoms with Crippen molar-refractivity contribution in [1.29, 1.82) is 0 Å². The van der Waals surface area contributed by atoms with Crippen molar-refractivity contribution in [2.75, 3.05) is 14.2 Å². The van der Waals surface area contributed by atoms with Gasteiger partial charge in [-0.15, -0.1) is 0 Å². The highest BCUT2D eigenvalue weighted by molar-refractivity contribution is 6.31. The standard InChI is InChI=1S/C15H22ClNO/c1-10-8-15(18-3)13(9-14(10)16)11-4-6-12(17-2)7-5-11/h8-9,11-12,17H,4-7H2,1-3H3. The van der Waals surface area contributed by atoms with Gasteiger partial charge in [0.25, 0.3) is 0 Å². The third-order valence-electron chi connectivity index (χ3n) is 4.09. The number of benzene rings is 1. The lowest BCUT2D eigenvalue weighted by molar-refractivity contribution is 0.345. The van der Waals surface area contributed by atoms with Crippen molar-refractivity contribution in [2.45, 2.75) is 44.6 Å². The van der Waals surface area contributed by atoms with Crippen LogP contribution in [0.2, 0.25) is 5.02 Å². The lowest BCUT2D eigenvalue weighted by Crippen LogP contribution is -2.29. The molecule has 1 aliphatic carbocycles. The summed E-state index contributed by atoms with van der Waals surface area (Å²) < 4.78 is 5.51. The van der Waals surface area contributed by atoms with Crippen LogP contribution in [-0.2, 0) is 0 Å². The number of aryl methyl sites for hydroxylation is 1. The Balaban J connectivity index is 2.20. The molecule has 0 atom stereocenters. The molecule has 1 N–H and O–H groups in total. The monoisotopic (exact) mass is 267 g/mol. The summed E-state index contributed by atoms with van der Waals surface area (Å²) in [6.07, 6.45) is 4.88. The first-order chi connectivity index (χ1) is 8.65. The highest BCUT2D eigenvalue weighted by atomic mass is 35.5. The predicted octanol–water partition coefficient (Wildman–Crippen LogP) is 3.90. The van der Waals surface area contributed by atoms with Crippen molar-refractivity contribution < 1.29 is 4.74 Å². The molecule has 0 aromatic heterocycles. The number of ether oxygens (including phenoxy) is 1. The normalized spacial score (nSPS) is 24.0. The average molecular weight is 268 g/mol. The van der Waals surface area contributed by atoms with Crippen LogP contribution < -0.4 is 10.1 Å². The fraction of sp³-hybridized carbons (Fsp3) is 0.600. The maximum absolute atomic E-state index is 6.25. The van der Waals surface area contributed by atoms with E-state index in [1.807, 2.05) is 14.0 Å². The van der Waals surface area contributed by atoms with Crippen LogP contribution in [0.5, 0.6) is 5.75 Å². The number of rotatable bonds is 3. The van der Waals surface area contributed by atoms with Gasteiger partial charge in [-0.25, -0.2) is 0 Å². The molecule has 0 heterocycles. The Morgan fingerprint density at radius 2 is 1.89 bits per heavy atom. The molecule has 0 bridgehead atoms. The minimum atomic E-state index is 0.586. The van der Waals surface area contributed by atoms with Gasteiger partial charge < -0.3 is 10.1 Å². The van der Waals surface area contributed by atoms with E-state index in [0.717, 1.165) is 16.3 Å². The zero-order chi connectivity index (χ0) is 13.1. The van der Waals surface area contributed by atoms with Crippen molar-refractivity contribution in [3.05, 3.63) is 28.3 Å². The largest absolute Gasteiger partial charge is 0.496 e. The van der Waals surface area contributed by atoms with E-state index in [1.165, 1.54) is 31.2 Å². The summed E-state index contributed by atoms with van der Waals surface area (Å²) >= 11 is 6.25. The summed E-state index contributed by atoms with van der Waals surface area (Å²) in [6, 6.07) is 4.83. The van der Waals surface area contributed by atoms with Crippen molar-refractivity contribution in [3.8, 4) is 5.75 Å². The first-order valence-corrected chi connectivity index (χ1v) is 7.04. The number of hydrogen-bond donors (Lipinski definition) is 1. The van der Waals surface area contributed by atoms with Crippen LogP contribution in [0.25, 0.3) is 0 Å². The second kappa shape index (κ2) is 5.94. The quantitative estimate of drug-likeness (QED) is 0.897. The Bertz CT molecular complexity index is 411. The molecule has 0 amide bonds. The van der Waals surface area contributed by atoms with E-state index < -0.39 is 0 Å². The van der Waals surface area contributed by atoms with E-state index in [4.69, 9.17) is 16.3 Å². The molecule has 18 heavy (non-hydrogen) atoms. The van der Waals surface area contributed by atoms with Crippen molar-refractivity contribution in [2.24, 2.45) is 0 Å². The third kappa shape index (κ3) is 2.81. The van der Waals surface area contributed by atoms with E-state index >= 15 is 0 Å². The Morgan fingerprint density at radius 3 is 2.44 bits per heavy atom. The van der Waals surface area contributed by atoms with Gasteiger partial charge in [0, 0.05) is 11.1 Å². The lowest BCUT2D eigenvalue weighted by Gasteiger charge is -2.29. The highest BCUT2D eigenvalue weighted by Gasteiger charge is 2.24. The predicted molar refractivity (Wildman–Crippen MR) is 76.8 cm³/mol. The van der Waals surface area contributed by atoms with Crippen LogP contribution in [0.1, 0.15) is 42.7 Å². The van der Waals surface area contributed by atoms with E-state index in [2.05, 4.69) is 17.4 Å². The Hall–Kier alpha value is -0.730. The zero-order valence-corrected chi connectivity index (χ0v) is 12.2. The van der Waals surface area contributed by atoms with Gasteiger partial charge in [-0.3, -0.25) is 0 Å². The topological polar surface area (TPSA) is 21.3 Å². The molecule has 1 fully saturated rings. The Morgan fingerprint density at radius 1 is 1.22 bits per heavy atom. The Labute approximate surface area is 115 Å². The molecule has 0 unspecified atom stereocenters. The van der Waals surface area contributed by atoms with Crippen LogP contribution in [0.4, 0.5) is 0 Å².